The Hall–Kier alpha value is -0.340. The number of hydrogen-bond acceptors (Lipinski definition) is 1. The van der Waals surface area contributed by atoms with E-state index in [0.29, 0.717) is 5.92 Å². The maximum absolute atomic E-state index is 11.3. The molecule has 0 saturated heterocycles. The summed E-state index contributed by atoms with van der Waals surface area (Å²) in [6, 6.07) is 10.6. The van der Waals surface area contributed by atoms with Gasteiger partial charge in [-0.1, -0.05) is 60.1 Å². The standard InChI is InChI=1S/C18H25BrO/c1-16(13-19)15-9-10-17(16,2)18(20,12-15)11-8-14-6-4-3-5-7-14/h3-7,15,20H,8-13H2,1-2H3/t15-,16-,17-,18-/m1/s1. The van der Waals surface area contributed by atoms with Crippen molar-refractivity contribution in [3.05, 3.63) is 35.9 Å². The monoisotopic (exact) mass is 336 g/mol. The zero-order valence-corrected chi connectivity index (χ0v) is 14.1. The lowest BCUT2D eigenvalue weighted by Gasteiger charge is -2.46. The lowest BCUT2D eigenvalue weighted by atomic mass is 9.63. The molecule has 2 aliphatic rings. The highest BCUT2D eigenvalue weighted by atomic mass is 79.9. The zero-order chi connectivity index (χ0) is 14.4. The summed E-state index contributed by atoms with van der Waals surface area (Å²) in [5.41, 5.74) is 1.16. The second-order valence-corrected chi connectivity index (χ2v) is 7.90. The number of aliphatic hydroxyl groups is 1. The number of hydrogen-bond donors (Lipinski definition) is 1. The SMILES string of the molecule is C[C@]12CC[C@H](C[C@]1(O)CCc1ccccc1)[C@@]2(C)CBr. The molecule has 0 unspecified atom stereocenters. The van der Waals surface area contributed by atoms with Crippen molar-refractivity contribution >= 4 is 15.9 Å². The number of rotatable bonds is 4. The Morgan fingerprint density at radius 1 is 1.25 bits per heavy atom. The Bertz CT molecular complexity index is 487. The third-order valence-electron chi connectivity index (χ3n) is 6.71. The molecule has 1 aromatic carbocycles. The summed E-state index contributed by atoms with van der Waals surface area (Å²) in [4.78, 5) is 0. The van der Waals surface area contributed by atoms with Gasteiger partial charge in [0.15, 0.2) is 0 Å². The van der Waals surface area contributed by atoms with Gasteiger partial charge in [0.05, 0.1) is 5.60 Å². The molecule has 0 aromatic heterocycles. The Kier molecular flexibility index (Phi) is 3.53. The van der Waals surface area contributed by atoms with E-state index in [-0.39, 0.29) is 10.8 Å². The van der Waals surface area contributed by atoms with Gasteiger partial charge in [-0.15, -0.1) is 0 Å². The Labute approximate surface area is 130 Å². The molecule has 2 heteroatoms. The molecule has 0 aliphatic heterocycles. The molecule has 110 valence electrons. The molecule has 1 N–H and O–H groups in total. The van der Waals surface area contributed by atoms with Gasteiger partial charge in [0.1, 0.15) is 0 Å². The van der Waals surface area contributed by atoms with Crippen LogP contribution in [-0.2, 0) is 6.42 Å². The fourth-order valence-corrected chi connectivity index (χ4v) is 5.95. The number of fused-ring (bicyclic) bond motifs is 2. The third kappa shape index (κ3) is 1.84. The molecule has 3 rings (SSSR count). The molecule has 2 bridgehead atoms. The predicted octanol–water partition coefficient (Wildman–Crippen LogP) is 4.57. The fourth-order valence-electron chi connectivity index (χ4n) is 4.87. The summed E-state index contributed by atoms with van der Waals surface area (Å²) in [6.07, 6.45) is 5.32. The first kappa shape index (κ1) is 14.6. The van der Waals surface area contributed by atoms with Gasteiger partial charge in [0.25, 0.3) is 0 Å². The summed E-state index contributed by atoms with van der Waals surface area (Å²) in [5, 5.41) is 12.4. The molecule has 2 fully saturated rings. The highest BCUT2D eigenvalue weighted by molar-refractivity contribution is 9.09. The smallest absolute Gasteiger partial charge is 0.0712 e. The number of alkyl halides is 1. The van der Waals surface area contributed by atoms with Crippen molar-refractivity contribution in [2.24, 2.45) is 16.7 Å². The minimum absolute atomic E-state index is 0.0585. The van der Waals surface area contributed by atoms with Gasteiger partial charge in [-0.25, -0.2) is 0 Å². The summed E-state index contributed by atoms with van der Waals surface area (Å²) < 4.78 is 0. The van der Waals surface area contributed by atoms with Gasteiger partial charge in [-0.05, 0) is 49.0 Å². The Morgan fingerprint density at radius 3 is 2.55 bits per heavy atom. The average molecular weight is 337 g/mol. The van der Waals surface area contributed by atoms with E-state index in [0.717, 1.165) is 24.6 Å². The van der Waals surface area contributed by atoms with E-state index in [1.807, 2.05) is 0 Å². The van der Waals surface area contributed by atoms with Gasteiger partial charge in [0.2, 0.25) is 0 Å². The lowest BCUT2D eigenvalue weighted by molar-refractivity contribution is -0.0933. The first-order chi connectivity index (χ1) is 9.45. The average Bonchev–Trinajstić information content (AvgIpc) is 2.81. The minimum atomic E-state index is -0.492. The molecule has 2 saturated carbocycles. The van der Waals surface area contributed by atoms with E-state index >= 15 is 0 Å². The first-order valence-corrected chi connectivity index (χ1v) is 8.90. The van der Waals surface area contributed by atoms with E-state index in [9.17, 15) is 5.11 Å². The van der Waals surface area contributed by atoms with E-state index in [1.165, 1.54) is 18.4 Å². The zero-order valence-electron chi connectivity index (χ0n) is 12.5. The van der Waals surface area contributed by atoms with Crippen LogP contribution in [0.25, 0.3) is 0 Å². The number of halogens is 1. The topological polar surface area (TPSA) is 20.2 Å². The molecule has 4 atom stereocenters. The van der Waals surface area contributed by atoms with Crippen LogP contribution < -0.4 is 0 Å². The van der Waals surface area contributed by atoms with Crippen molar-refractivity contribution < 1.29 is 5.11 Å². The molecular weight excluding hydrogens is 312 g/mol. The van der Waals surface area contributed by atoms with Crippen LogP contribution in [0.15, 0.2) is 30.3 Å². The van der Waals surface area contributed by atoms with Crippen LogP contribution in [-0.4, -0.2) is 16.0 Å². The van der Waals surface area contributed by atoms with Gasteiger partial charge < -0.3 is 5.11 Å². The van der Waals surface area contributed by atoms with Crippen LogP contribution in [0.3, 0.4) is 0 Å². The van der Waals surface area contributed by atoms with Crippen molar-refractivity contribution in [3.63, 3.8) is 0 Å². The molecule has 2 aliphatic carbocycles. The predicted molar refractivity (Wildman–Crippen MR) is 87.1 cm³/mol. The van der Waals surface area contributed by atoms with Gasteiger partial charge in [0, 0.05) is 10.7 Å². The lowest BCUT2D eigenvalue weighted by Crippen LogP contribution is -2.48. The highest BCUT2D eigenvalue weighted by Crippen LogP contribution is 2.71. The van der Waals surface area contributed by atoms with Crippen LogP contribution in [0, 0.1) is 16.7 Å². The molecular formula is C18H25BrO. The number of aryl methyl sites for hydroxylation is 1. The summed E-state index contributed by atoms with van der Waals surface area (Å²) in [7, 11) is 0. The molecule has 0 spiro atoms. The quantitative estimate of drug-likeness (QED) is 0.798. The maximum atomic E-state index is 11.3. The van der Waals surface area contributed by atoms with Crippen molar-refractivity contribution in [2.75, 3.05) is 5.33 Å². The molecule has 20 heavy (non-hydrogen) atoms. The second kappa shape index (κ2) is 4.84. The summed E-state index contributed by atoms with van der Waals surface area (Å²) in [5.74, 6) is 0.674. The Morgan fingerprint density at radius 2 is 1.95 bits per heavy atom. The van der Waals surface area contributed by atoms with Gasteiger partial charge in [-0.3, -0.25) is 0 Å². The van der Waals surface area contributed by atoms with Crippen molar-refractivity contribution in [3.8, 4) is 0 Å². The third-order valence-corrected chi connectivity index (χ3v) is 7.88. The van der Waals surface area contributed by atoms with E-state index in [4.69, 9.17) is 0 Å². The van der Waals surface area contributed by atoms with E-state index < -0.39 is 5.60 Å². The minimum Gasteiger partial charge on any atom is -0.389 e. The molecule has 1 aromatic rings. The molecule has 0 amide bonds. The van der Waals surface area contributed by atoms with Crippen LogP contribution in [0.2, 0.25) is 0 Å². The summed E-state index contributed by atoms with van der Waals surface area (Å²) in [6.45, 7) is 4.70. The molecule has 1 nitrogen and oxygen atoms in total. The van der Waals surface area contributed by atoms with Crippen molar-refractivity contribution in [1.82, 2.24) is 0 Å². The molecule has 0 radical (unpaired) electrons. The van der Waals surface area contributed by atoms with Crippen LogP contribution >= 0.6 is 15.9 Å². The number of benzene rings is 1. The fraction of sp³-hybridized carbons (Fsp3) is 0.667. The van der Waals surface area contributed by atoms with Crippen LogP contribution in [0.5, 0.6) is 0 Å². The second-order valence-electron chi connectivity index (χ2n) is 7.34. The summed E-state index contributed by atoms with van der Waals surface area (Å²) >= 11 is 3.72. The Balaban J connectivity index is 1.80. The highest BCUT2D eigenvalue weighted by Gasteiger charge is 2.69. The normalized spacial score (nSPS) is 43.1. The largest absolute Gasteiger partial charge is 0.389 e. The van der Waals surface area contributed by atoms with Crippen LogP contribution in [0.4, 0.5) is 0 Å². The van der Waals surface area contributed by atoms with Crippen LogP contribution in [0.1, 0.15) is 45.1 Å². The van der Waals surface area contributed by atoms with E-state index in [2.05, 4.69) is 60.1 Å². The van der Waals surface area contributed by atoms with Crippen molar-refractivity contribution in [1.29, 1.82) is 0 Å². The van der Waals surface area contributed by atoms with Gasteiger partial charge in [-0.2, -0.15) is 0 Å². The van der Waals surface area contributed by atoms with Gasteiger partial charge >= 0.3 is 0 Å². The maximum Gasteiger partial charge on any atom is 0.0712 e. The first-order valence-electron chi connectivity index (χ1n) is 7.77. The van der Waals surface area contributed by atoms with Crippen molar-refractivity contribution in [2.45, 2.75) is 51.6 Å². The van der Waals surface area contributed by atoms with E-state index in [1.54, 1.807) is 0 Å². The molecule has 0 heterocycles.